The van der Waals surface area contributed by atoms with Crippen LogP contribution < -0.4 is 0 Å². The first kappa shape index (κ1) is 18.2. The molecule has 3 unspecified atom stereocenters. The highest BCUT2D eigenvalue weighted by molar-refractivity contribution is 5.85. The summed E-state index contributed by atoms with van der Waals surface area (Å²) in [6.07, 6.45) is 3.23. The topological polar surface area (TPSA) is 60.9 Å². The number of amides is 1. The Labute approximate surface area is 121 Å². The van der Waals surface area contributed by atoms with Crippen molar-refractivity contribution in [2.75, 3.05) is 13.6 Å². The lowest BCUT2D eigenvalue weighted by molar-refractivity contribution is -0.144. The highest BCUT2D eigenvalue weighted by atomic mass is 35.5. The maximum Gasteiger partial charge on any atom is 0.320 e. The molecule has 3 atom stereocenters. The molecular formula is C13H25ClN2O3. The predicted octanol–water partition coefficient (Wildman–Crippen LogP) is 1.60. The van der Waals surface area contributed by atoms with Crippen LogP contribution in [0.25, 0.3) is 0 Å². The summed E-state index contributed by atoms with van der Waals surface area (Å²) < 4.78 is 0. The third-order valence-electron chi connectivity index (χ3n) is 3.88. The Morgan fingerprint density at radius 2 is 1.79 bits per heavy atom. The van der Waals surface area contributed by atoms with Gasteiger partial charge in [0.1, 0.15) is 6.04 Å². The molecule has 0 spiro atoms. The van der Waals surface area contributed by atoms with Crippen LogP contribution in [-0.2, 0) is 9.59 Å². The van der Waals surface area contributed by atoms with Crippen molar-refractivity contribution >= 4 is 24.3 Å². The van der Waals surface area contributed by atoms with Crippen LogP contribution in [0.1, 0.15) is 40.0 Å². The standard InChI is InChI=1S/C13H24N2O3.ClH/c1-9-6-5-7-10(2)15(9)12(16)8-14(4)11(3)13(17)18;/h9-11H,5-8H2,1-4H3,(H,17,18);1H. The summed E-state index contributed by atoms with van der Waals surface area (Å²) in [7, 11) is 1.68. The third kappa shape index (κ3) is 4.66. The Morgan fingerprint density at radius 1 is 1.32 bits per heavy atom. The van der Waals surface area contributed by atoms with Crippen molar-refractivity contribution in [3.05, 3.63) is 0 Å². The minimum atomic E-state index is -0.898. The molecule has 1 saturated heterocycles. The highest BCUT2D eigenvalue weighted by Gasteiger charge is 2.30. The van der Waals surface area contributed by atoms with Gasteiger partial charge < -0.3 is 10.0 Å². The number of nitrogens with zero attached hydrogens (tertiary/aromatic N) is 2. The van der Waals surface area contributed by atoms with E-state index in [0.29, 0.717) is 0 Å². The largest absolute Gasteiger partial charge is 0.480 e. The highest BCUT2D eigenvalue weighted by Crippen LogP contribution is 2.22. The molecule has 0 aromatic heterocycles. The van der Waals surface area contributed by atoms with E-state index in [1.807, 2.05) is 4.90 Å². The first-order valence-corrected chi connectivity index (χ1v) is 6.58. The fourth-order valence-electron chi connectivity index (χ4n) is 2.53. The number of likely N-dealkylation sites (tertiary alicyclic amines) is 1. The zero-order chi connectivity index (χ0) is 13.9. The van der Waals surface area contributed by atoms with E-state index in [1.165, 1.54) is 0 Å². The molecule has 1 aliphatic rings. The molecule has 0 radical (unpaired) electrons. The van der Waals surface area contributed by atoms with E-state index in [9.17, 15) is 9.59 Å². The molecule has 1 heterocycles. The Balaban J connectivity index is 0.00000324. The van der Waals surface area contributed by atoms with Crippen molar-refractivity contribution in [3.8, 4) is 0 Å². The van der Waals surface area contributed by atoms with Crippen LogP contribution in [0, 0.1) is 0 Å². The van der Waals surface area contributed by atoms with E-state index in [2.05, 4.69) is 13.8 Å². The van der Waals surface area contributed by atoms with Gasteiger partial charge in [-0.1, -0.05) is 0 Å². The lowest BCUT2D eigenvalue weighted by Gasteiger charge is -2.40. The molecule has 0 bridgehead atoms. The van der Waals surface area contributed by atoms with Gasteiger partial charge in [-0.15, -0.1) is 12.4 Å². The fourth-order valence-corrected chi connectivity index (χ4v) is 2.53. The van der Waals surface area contributed by atoms with Crippen LogP contribution in [0.2, 0.25) is 0 Å². The van der Waals surface area contributed by atoms with E-state index < -0.39 is 12.0 Å². The molecule has 5 nitrogen and oxygen atoms in total. The Bertz CT molecular complexity index is 315. The minimum absolute atomic E-state index is 0. The van der Waals surface area contributed by atoms with E-state index in [1.54, 1.807) is 18.9 Å². The number of halogens is 1. The second kappa shape index (κ2) is 7.70. The van der Waals surface area contributed by atoms with Gasteiger partial charge in [0.05, 0.1) is 6.54 Å². The van der Waals surface area contributed by atoms with E-state index in [4.69, 9.17) is 5.11 Å². The molecule has 0 aromatic rings. The second-order valence-electron chi connectivity index (χ2n) is 5.36. The zero-order valence-electron chi connectivity index (χ0n) is 12.1. The third-order valence-corrected chi connectivity index (χ3v) is 3.88. The van der Waals surface area contributed by atoms with E-state index in [-0.39, 0.29) is 36.9 Å². The molecule has 6 heteroatoms. The molecule has 1 fully saturated rings. The maximum absolute atomic E-state index is 12.2. The van der Waals surface area contributed by atoms with Crippen LogP contribution in [0.4, 0.5) is 0 Å². The van der Waals surface area contributed by atoms with Crippen molar-refractivity contribution in [2.24, 2.45) is 0 Å². The van der Waals surface area contributed by atoms with Gasteiger partial charge in [-0.25, -0.2) is 0 Å². The van der Waals surface area contributed by atoms with Gasteiger partial charge in [-0.2, -0.15) is 0 Å². The molecule has 0 aromatic carbocycles. The minimum Gasteiger partial charge on any atom is -0.480 e. The average molecular weight is 293 g/mol. The predicted molar refractivity (Wildman–Crippen MR) is 76.6 cm³/mol. The molecule has 1 aliphatic heterocycles. The summed E-state index contributed by atoms with van der Waals surface area (Å²) in [5.41, 5.74) is 0. The molecule has 19 heavy (non-hydrogen) atoms. The quantitative estimate of drug-likeness (QED) is 0.855. The van der Waals surface area contributed by atoms with E-state index >= 15 is 0 Å². The summed E-state index contributed by atoms with van der Waals surface area (Å²) in [6.45, 7) is 5.89. The molecule has 1 rings (SSSR count). The smallest absolute Gasteiger partial charge is 0.320 e. The summed E-state index contributed by atoms with van der Waals surface area (Å²) in [5.74, 6) is -0.865. The van der Waals surface area contributed by atoms with Gasteiger partial charge in [-0.3, -0.25) is 14.5 Å². The first-order chi connectivity index (χ1) is 8.34. The van der Waals surface area contributed by atoms with Gasteiger partial charge in [0, 0.05) is 12.1 Å². The van der Waals surface area contributed by atoms with Crippen molar-refractivity contribution in [1.29, 1.82) is 0 Å². The molecule has 1 N–H and O–H groups in total. The number of rotatable bonds is 4. The normalized spacial score (nSPS) is 24.8. The second-order valence-corrected chi connectivity index (χ2v) is 5.36. The number of aliphatic carboxylic acids is 1. The Hall–Kier alpha value is -0.810. The van der Waals surface area contributed by atoms with Crippen molar-refractivity contribution in [2.45, 2.75) is 58.2 Å². The van der Waals surface area contributed by atoms with Crippen LogP contribution >= 0.6 is 12.4 Å². The van der Waals surface area contributed by atoms with E-state index in [0.717, 1.165) is 19.3 Å². The molecule has 1 amide bonds. The number of carboxylic acids is 1. The molecule has 0 saturated carbocycles. The summed E-state index contributed by atoms with van der Waals surface area (Å²) in [6, 6.07) is -0.117. The van der Waals surface area contributed by atoms with Crippen molar-refractivity contribution in [3.63, 3.8) is 0 Å². The molecular weight excluding hydrogens is 268 g/mol. The SMILES string of the molecule is CC(C(=O)O)N(C)CC(=O)N1C(C)CCCC1C.Cl. The van der Waals surface area contributed by atoms with Crippen LogP contribution in [0.15, 0.2) is 0 Å². The number of carboxylic acid groups (broad SMARTS) is 1. The van der Waals surface area contributed by atoms with Gasteiger partial charge in [0.15, 0.2) is 0 Å². The average Bonchev–Trinajstić information content (AvgIpc) is 2.27. The number of piperidine rings is 1. The van der Waals surface area contributed by atoms with Crippen LogP contribution in [0.3, 0.4) is 0 Å². The van der Waals surface area contributed by atoms with Crippen LogP contribution in [0.5, 0.6) is 0 Å². The molecule has 112 valence electrons. The fraction of sp³-hybridized carbons (Fsp3) is 0.846. The van der Waals surface area contributed by atoms with Gasteiger partial charge in [-0.05, 0) is 47.1 Å². The number of likely N-dealkylation sites (N-methyl/N-ethyl adjacent to an activating group) is 1. The first-order valence-electron chi connectivity index (χ1n) is 6.58. The van der Waals surface area contributed by atoms with Gasteiger partial charge >= 0.3 is 5.97 Å². The number of carbonyl (C=O) groups is 2. The number of carbonyl (C=O) groups excluding carboxylic acids is 1. The Kier molecular flexibility index (Phi) is 7.37. The number of hydrogen-bond acceptors (Lipinski definition) is 3. The maximum atomic E-state index is 12.2. The zero-order valence-corrected chi connectivity index (χ0v) is 12.9. The summed E-state index contributed by atoms with van der Waals surface area (Å²) in [5, 5.41) is 8.91. The number of hydrogen-bond donors (Lipinski definition) is 1. The summed E-state index contributed by atoms with van der Waals surface area (Å²) in [4.78, 5) is 26.6. The lowest BCUT2D eigenvalue weighted by Crippen LogP contribution is -2.52. The van der Waals surface area contributed by atoms with Crippen LogP contribution in [-0.4, -0.2) is 58.5 Å². The Morgan fingerprint density at radius 3 is 2.21 bits per heavy atom. The molecule has 0 aliphatic carbocycles. The summed E-state index contributed by atoms with van der Waals surface area (Å²) >= 11 is 0. The van der Waals surface area contributed by atoms with Gasteiger partial charge in [0.2, 0.25) is 5.91 Å². The monoisotopic (exact) mass is 292 g/mol. The van der Waals surface area contributed by atoms with Crippen molar-refractivity contribution < 1.29 is 14.7 Å². The van der Waals surface area contributed by atoms with Gasteiger partial charge in [0.25, 0.3) is 0 Å². The van der Waals surface area contributed by atoms with Crippen molar-refractivity contribution in [1.82, 2.24) is 9.80 Å². The lowest BCUT2D eigenvalue weighted by atomic mass is 9.97.